The molecule has 0 bridgehead atoms. The first-order valence-electron chi connectivity index (χ1n) is 11.0. The molecule has 0 N–H and O–H groups in total. The van der Waals surface area contributed by atoms with E-state index in [1.807, 2.05) is 34.9 Å². The molecule has 6 nitrogen and oxygen atoms in total. The number of alkyl halides is 3. The zero-order valence-corrected chi connectivity index (χ0v) is 18.9. The number of hydrogen-bond donors (Lipinski definition) is 0. The molecule has 3 aromatic heterocycles. The summed E-state index contributed by atoms with van der Waals surface area (Å²) in [6.07, 6.45) is -0.293. The highest BCUT2D eigenvalue weighted by atomic mass is 32.1. The molecule has 0 saturated carbocycles. The van der Waals surface area contributed by atoms with Crippen molar-refractivity contribution in [2.24, 2.45) is 0 Å². The molecule has 10 heteroatoms. The first-order chi connectivity index (χ1) is 16.4. The Morgan fingerprint density at radius 1 is 1.18 bits per heavy atom. The number of ketones is 1. The van der Waals surface area contributed by atoms with Gasteiger partial charge in [-0.05, 0) is 36.6 Å². The third kappa shape index (κ3) is 5.02. The monoisotopic (exact) mass is 486 g/mol. The zero-order valence-electron chi connectivity index (χ0n) is 18.1. The van der Waals surface area contributed by atoms with E-state index in [2.05, 4.69) is 15.2 Å². The first kappa shape index (κ1) is 22.7. The molecule has 5 rings (SSSR count). The molecule has 0 spiro atoms. The molecule has 1 aliphatic heterocycles. The fourth-order valence-corrected chi connectivity index (χ4v) is 4.94. The van der Waals surface area contributed by atoms with Crippen LogP contribution in [0, 0.1) is 0 Å². The highest BCUT2D eigenvalue weighted by Crippen LogP contribution is 2.34. The van der Waals surface area contributed by atoms with Crippen molar-refractivity contribution in [3.63, 3.8) is 0 Å². The van der Waals surface area contributed by atoms with Crippen LogP contribution in [-0.4, -0.2) is 38.1 Å². The fourth-order valence-electron chi connectivity index (χ4n) is 4.02. The van der Waals surface area contributed by atoms with Crippen molar-refractivity contribution in [1.29, 1.82) is 0 Å². The van der Waals surface area contributed by atoms with Crippen molar-refractivity contribution in [3.05, 3.63) is 59.4 Å². The van der Waals surface area contributed by atoms with Crippen molar-refractivity contribution in [2.45, 2.75) is 44.4 Å². The highest BCUT2D eigenvalue weighted by Gasteiger charge is 2.28. The van der Waals surface area contributed by atoms with E-state index in [0.29, 0.717) is 5.56 Å². The van der Waals surface area contributed by atoms with Gasteiger partial charge in [0.2, 0.25) is 0 Å². The Bertz CT molecular complexity index is 1330. The van der Waals surface area contributed by atoms with Crippen molar-refractivity contribution in [2.75, 3.05) is 6.61 Å². The van der Waals surface area contributed by atoms with Crippen molar-refractivity contribution in [3.8, 4) is 21.8 Å². The molecule has 1 fully saturated rings. The van der Waals surface area contributed by atoms with Gasteiger partial charge in [-0.1, -0.05) is 29.5 Å². The summed E-state index contributed by atoms with van der Waals surface area (Å²) in [6.45, 7) is 0.755. The van der Waals surface area contributed by atoms with E-state index in [9.17, 15) is 18.0 Å². The average molecular weight is 487 g/mol. The summed E-state index contributed by atoms with van der Waals surface area (Å²) in [5, 5.41) is 10.3. The van der Waals surface area contributed by atoms with Gasteiger partial charge >= 0.3 is 6.18 Å². The van der Waals surface area contributed by atoms with E-state index in [-0.39, 0.29) is 12.5 Å². The van der Waals surface area contributed by atoms with Crippen LogP contribution in [0.4, 0.5) is 13.2 Å². The molecule has 34 heavy (non-hydrogen) atoms. The van der Waals surface area contributed by atoms with Gasteiger partial charge in [-0.15, -0.1) is 10.2 Å². The lowest BCUT2D eigenvalue weighted by Crippen LogP contribution is -2.12. The van der Waals surface area contributed by atoms with E-state index in [1.54, 1.807) is 18.3 Å². The summed E-state index contributed by atoms with van der Waals surface area (Å²) in [7, 11) is 0. The summed E-state index contributed by atoms with van der Waals surface area (Å²) in [4.78, 5) is 16.5. The summed E-state index contributed by atoms with van der Waals surface area (Å²) >= 11 is 1.52. The Kier molecular flexibility index (Phi) is 6.18. The lowest BCUT2D eigenvalue weighted by Gasteiger charge is -2.07. The number of aromatic nitrogens is 4. The molecular formula is C24H21F3N4O2S. The number of fused-ring (bicyclic) bond motifs is 1. The predicted molar refractivity (Wildman–Crippen MR) is 121 cm³/mol. The number of nitrogens with zero attached hydrogens (tertiary/aromatic N) is 4. The molecule has 1 aromatic carbocycles. The van der Waals surface area contributed by atoms with Gasteiger partial charge in [-0.25, -0.2) is 4.98 Å². The largest absolute Gasteiger partial charge is 0.389 e. The maximum absolute atomic E-state index is 12.4. The predicted octanol–water partition coefficient (Wildman–Crippen LogP) is 5.83. The highest BCUT2D eigenvalue weighted by molar-refractivity contribution is 7.14. The number of ether oxygens (including phenoxy) is 1. The number of halogens is 3. The number of benzene rings is 1. The first-order valence-corrected chi connectivity index (χ1v) is 11.8. The van der Waals surface area contributed by atoms with Crippen LogP contribution >= 0.6 is 11.3 Å². The normalized spacial score (nSPS) is 16.4. The molecule has 1 aliphatic rings. The zero-order chi connectivity index (χ0) is 23.7. The minimum atomic E-state index is -4.33. The Morgan fingerprint density at radius 3 is 2.85 bits per heavy atom. The van der Waals surface area contributed by atoms with Crippen LogP contribution in [-0.2, 0) is 16.0 Å². The van der Waals surface area contributed by atoms with Gasteiger partial charge in [0.1, 0.15) is 27.5 Å². The maximum Gasteiger partial charge on any atom is 0.389 e. The van der Waals surface area contributed by atoms with Crippen LogP contribution in [0.1, 0.15) is 42.4 Å². The standard InChI is InChI=1S/C24H21F3N4O2S/c25-24(26,27)8-6-18(32)12-15-3-1-4-16(11-15)19-14-28-21-13-17(7-9-31(19)21)22-29-30-23(34-22)20-5-2-10-33-20/h1,3-4,7,9,11,13-14,20H,2,5-6,8,10,12H2. The van der Waals surface area contributed by atoms with E-state index in [1.165, 1.54) is 11.3 Å². The Morgan fingerprint density at radius 2 is 2.06 bits per heavy atom. The van der Waals surface area contributed by atoms with Crippen molar-refractivity contribution >= 4 is 22.8 Å². The van der Waals surface area contributed by atoms with Gasteiger partial charge < -0.3 is 4.74 Å². The van der Waals surface area contributed by atoms with Crippen molar-refractivity contribution in [1.82, 2.24) is 19.6 Å². The molecule has 1 unspecified atom stereocenters. The van der Waals surface area contributed by atoms with Crippen LogP contribution in [0.15, 0.2) is 48.8 Å². The Labute approximate surface area is 197 Å². The van der Waals surface area contributed by atoms with Crippen LogP contribution in [0.25, 0.3) is 27.5 Å². The summed E-state index contributed by atoms with van der Waals surface area (Å²) in [5.74, 6) is -0.434. The second-order valence-corrected chi connectivity index (χ2v) is 9.27. The smallest absolute Gasteiger partial charge is 0.371 e. The van der Waals surface area contributed by atoms with Gasteiger partial charge in [0.25, 0.3) is 0 Å². The Balaban J connectivity index is 1.35. The van der Waals surface area contributed by atoms with E-state index >= 15 is 0 Å². The van der Waals surface area contributed by atoms with E-state index < -0.39 is 24.8 Å². The number of Topliss-reactive ketones (excluding diaryl/α,β-unsaturated/α-hetero) is 1. The fraction of sp³-hybridized carbons (Fsp3) is 0.333. The molecule has 4 aromatic rings. The molecule has 176 valence electrons. The number of hydrogen-bond acceptors (Lipinski definition) is 6. The SMILES string of the molecule is O=C(CCC(F)(F)F)Cc1cccc(-c2cnc3cc(-c4nnc(C5CCCO5)s4)ccn23)c1. The van der Waals surface area contributed by atoms with Gasteiger partial charge in [0.05, 0.1) is 18.3 Å². The van der Waals surface area contributed by atoms with Crippen LogP contribution < -0.4 is 0 Å². The van der Waals surface area contributed by atoms with Crippen LogP contribution in [0.3, 0.4) is 0 Å². The van der Waals surface area contributed by atoms with E-state index in [4.69, 9.17) is 4.74 Å². The number of pyridine rings is 1. The average Bonchev–Trinajstić information content (AvgIpc) is 3.57. The van der Waals surface area contributed by atoms with Crippen LogP contribution in [0.5, 0.6) is 0 Å². The topological polar surface area (TPSA) is 69.4 Å². The molecule has 0 amide bonds. The third-order valence-corrected chi connectivity index (χ3v) is 6.78. The summed E-state index contributed by atoms with van der Waals surface area (Å²) < 4.78 is 44.8. The molecule has 4 heterocycles. The van der Waals surface area contributed by atoms with Crippen LogP contribution in [0.2, 0.25) is 0 Å². The van der Waals surface area contributed by atoms with E-state index in [0.717, 1.165) is 51.9 Å². The lowest BCUT2D eigenvalue weighted by atomic mass is 10.0. The molecule has 1 saturated heterocycles. The summed E-state index contributed by atoms with van der Waals surface area (Å²) in [5.41, 5.74) is 3.97. The van der Waals surface area contributed by atoms with Gasteiger partial charge in [0.15, 0.2) is 0 Å². The number of carbonyl (C=O) groups excluding carboxylic acids is 1. The maximum atomic E-state index is 12.4. The van der Waals surface area contributed by atoms with Gasteiger partial charge in [-0.2, -0.15) is 13.2 Å². The summed E-state index contributed by atoms with van der Waals surface area (Å²) in [6, 6.07) is 11.1. The number of carbonyl (C=O) groups is 1. The van der Waals surface area contributed by atoms with Crippen molar-refractivity contribution < 1.29 is 22.7 Å². The molecule has 1 atom stereocenters. The molecule has 0 aliphatic carbocycles. The quantitative estimate of drug-likeness (QED) is 0.329. The number of rotatable bonds is 7. The minimum Gasteiger partial charge on any atom is -0.371 e. The lowest BCUT2D eigenvalue weighted by molar-refractivity contribution is -0.143. The molecule has 0 radical (unpaired) electrons. The minimum absolute atomic E-state index is 0.0284. The van der Waals surface area contributed by atoms with Gasteiger partial charge in [-0.3, -0.25) is 9.20 Å². The molecular weight excluding hydrogens is 465 g/mol. The Hall–Kier alpha value is -3.11. The van der Waals surface area contributed by atoms with Gasteiger partial charge in [0, 0.05) is 36.8 Å². The third-order valence-electron chi connectivity index (χ3n) is 5.72. The second kappa shape index (κ2) is 9.27. The second-order valence-electron chi connectivity index (χ2n) is 8.27. The number of imidazole rings is 1.